The van der Waals surface area contributed by atoms with Crippen LogP contribution in [0.4, 0.5) is 5.69 Å². The van der Waals surface area contributed by atoms with Crippen molar-refractivity contribution in [2.45, 2.75) is 26.2 Å². The van der Waals surface area contributed by atoms with Gasteiger partial charge in [-0.05, 0) is 18.6 Å². The molecule has 1 rings (SSSR count). The van der Waals surface area contributed by atoms with Gasteiger partial charge in [-0.3, -0.25) is 0 Å². The predicted molar refractivity (Wildman–Crippen MR) is 62.9 cm³/mol. The topological polar surface area (TPSA) is 92.8 Å². The van der Waals surface area contributed by atoms with Gasteiger partial charge in [0.2, 0.25) is 0 Å². The molecule has 0 heterocycles. The maximum absolute atomic E-state index is 11.7. The van der Waals surface area contributed by atoms with Crippen LogP contribution in [0.5, 0.6) is 0 Å². The SMILES string of the molecule is CCC(C)C(O)(O)OC(=O)c1ccccc1N. The number of nitrogen functional groups attached to an aromatic ring is 1. The zero-order valence-corrected chi connectivity index (χ0v) is 9.88. The number of rotatable bonds is 4. The van der Waals surface area contributed by atoms with Gasteiger partial charge in [0.25, 0.3) is 0 Å². The molecule has 4 N–H and O–H groups in total. The maximum atomic E-state index is 11.7. The molecule has 17 heavy (non-hydrogen) atoms. The van der Waals surface area contributed by atoms with E-state index in [1.54, 1.807) is 26.0 Å². The second kappa shape index (κ2) is 5.16. The Morgan fingerprint density at radius 2 is 2.06 bits per heavy atom. The third-order valence-corrected chi connectivity index (χ3v) is 2.68. The van der Waals surface area contributed by atoms with E-state index in [9.17, 15) is 15.0 Å². The Labute approximate surface area is 99.8 Å². The van der Waals surface area contributed by atoms with E-state index in [1.807, 2.05) is 0 Å². The first-order valence-corrected chi connectivity index (χ1v) is 5.41. The second-order valence-electron chi connectivity index (χ2n) is 3.94. The number of esters is 1. The van der Waals surface area contributed by atoms with Gasteiger partial charge in [-0.1, -0.05) is 26.0 Å². The summed E-state index contributed by atoms with van der Waals surface area (Å²) in [4.78, 5) is 11.7. The molecule has 0 amide bonds. The van der Waals surface area contributed by atoms with Crippen LogP contribution in [-0.4, -0.2) is 22.2 Å². The van der Waals surface area contributed by atoms with Gasteiger partial charge in [0, 0.05) is 11.6 Å². The molecule has 1 atom stereocenters. The highest BCUT2D eigenvalue weighted by Crippen LogP contribution is 2.22. The smallest absolute Gasteiger partial charge is 0.344 e. The molecule has 5 nitrogen and oxygen atoms in total. The molecule has 0 saturated carbocycles. The van der Waals surface area contributed by atoms with E-state index >= 15 is 0 Å². The van der Waals surface area contributed by atoms with Crippen LogP contribution >= 0.6 is 0 Å². The van der Waals surface area contributed by atoms with Gasteiger partial charge in [-0.25, -0.2) is 4.79 Å². The Bertz CT molecular complexity index is 403. The molecule has 0 aliphatic carbocycles. The number of carbonyl (C=O) groups is 1. The van der Waals surface area contributed by atoms with Crippen LogP contribution in [0.15, 0.2) is 24.3 Å². The van der Waals surface area contributed by atoms with E-state index in [-0.39, 0.29) is 11.3 Å². The molecule has 0 aliphatic rings. The largest absolute Gasteiger partial charge is 0.404 e. The summed E-state index contributed by atoms with van der Waals surface area (Å²) in [5.74, 6) is -3.92. The molecular weight excluding hydrogens is 222 g/mol. The molecule has 0 radical (unpaired) electrons. The summed E-state index contributed by atoms with van der Waals surface area (Å²) in [6, 6.07) is 6.29. The van der Waals surface area contributed by atoms with E-state index in [0.29, 0.717) is 6.42 Å². The van der Waals surface area contributed by atoms with Crippen LogP contribution in [0.2, 0.25) is 0 Å². The van der Waals surface area contributed by atoms with Crippen LogP contribution in [-0.2, 0) is 4.74 Å². The number of aliphatic hydroxyl groups is 2. The third kappa shape index (κ3) is 3.18. The van der Waals surface area contributed by atoms with Gasteiger partial charge in [0.05, 0.1) is 5.56 Å². The van der Waals surface area contributed by atoms with Crippen LogP contribution in [0.1, 0.15) is 30.6 Å². The van der Waals surface area contributed by atoms with Crippen molar-refractivity contribution >= 4 is 11.7 Å². The zero-order chi connectivity index (χ0) is 13.1. The average molecular weight is 239 g/mol. The average Bonchev–Trinajstić information content (AvgIpc) is 2.27. The highest BCUT2D eigenvalue weighted by atomic mass is 16.8. The summed E-state index contributed by atoms with van der Waals surface area (Å²) in [7, 11) is 0. The van der Waals surface area contributed by atoms with E-state index < -0.39 is 17.9 Å². The molecule has 0 aliphatic heterocycles. The minimum atomic E-state index is -2.48. The summed E-state index contributed by atoms with van der Waals surface area (Å²) in [6.07, 6.45) is 0.463. The monoisotopic (exact) mass is 239 g/mol. The van der Waals surface area contributed by atoms with Crippen molar-refractivity contribution in [1.29, 1.82) is 0 Å². The number of anilines is 1. The third-order valence-electron chi connectivity index (χ3n) is 2.68. The van der Waals surface area contributed by atoms with E-state index in [0.717, 1.165) is 0 Å². The second-order valence-corrected chi connectivity index (χ2v) is 3.94. The van der Waals surface area contributed by atoms with Crippen molar-refractivity contribution in [3.8, 4) is 0 Å². The fourth-order valence-corrected chi connectivity index (χ4v) is 1.24. The van der Waals surface area contributed by atoms with Crippen LogP contribution in [0.25, 0.3) is 0 Å². The van der Waals surface area contributed by atoms with E-state index in [1.165, 1.54) is 12.1 Å². The number of para-hydroxylation sites is 1. The van der Waals surface area contributed by atoms with Gasteiger partial charge in [0.1, 0.15) is 0 Å². The fourth-order valence-electron chi connectivity index (χ4n) is 1.24. The summed E-state index contributed by atoms with van der Waals surface area (Å²) < 4.78 is 4.65. The van der Waals surface area contributed by atoms with Gasteiger partial charge in [0.15, 0.2) is 0 Å². The lowest BCUT2D eigenvalue weighted by Crippen LogP contribution is -2.41. The first kappa shape index (κ1) is 13.5. The maximum Gasteiger partial charge on any atom is 0.344 e. The summed E-state index contributed by atoms with van der Waals surface area (Å²) >= 11 is 0. The minimum Gasteiger partial charge on any atom is -0.404 e. The number of benzene rings is 1. The van der Waals surface area contributed by atoms with Crippen LogP contribution < -0.4 is 5.73 Å². The van der Waals surface area contributed by atoms with Crippen LogP contribution in [0.3, 0.4) is 0 Å². The van der Waals surface area contributed by atoms with Gasteiger partial charge in [-0.15, -0.1) is 0 Å². The Morgan fingerprint density at radius 3 is 2.59 bits per heavy atom. The van der Waals surface area contributed by atoms with Crippen molar-refractivity contribution < 1.29 is 19.7 Å². The molecule has 1 unspecified atom stereocenters. The standard InChI is InChI=1S/C12H17NO4/c1-3-8(2)12(15,16)17-11(14)9-6-4-5-7-10(9)13/h4-8,15-16H,3,13H2,1-2H3. The number of hydrogen-bond acceptors (Lipinski definition) is 5. The minimum absolute atomic E-state index is 0.114. The molecule has 1 aromatic carbocycles. The molecular formula is C12H17NO4. The number of hydrogen-bond donors (Lipinski definition) is 3. The highest BCUT2D eigenvalue weighted by Gasteiger charge is 2.35. The Balaban J connectivity index is 2.83. The van der Waals surface area contributed by atoms with Gasteiger partial charge >= 0.3 is 11.9 Å². The molecule has 0 spiro atoms. The van der Waals surface area contributed by atoms with Crippen molar-refractivity contribution in [3.05, 3.63) is 29.8 Å². The summed E-state index contributed by atoms with van der Waals surface area (Å²) in [5.41, 5.74) is 5.93. The molecule has 94 valence electrons. The lowest BCUT2D eigenvalue weighted by molar-refractivity contribution is -0.334. The lowest BCUT2D eigenvalue weighted by atomic mass is 10.1. The number of nitrogens with two attached hydrogens (primary N) is 1. The van der Waals surface area contributed by atoms with Crippen molar-refractivity contribution in [2.24, 2.45) is 5.92 Å². The first-order chi connectivity index (χ1) is 7.88. The van der Waals surface area contributed by atoms with Crippen molar-refractivity contribution in [1.82, 2.24) is 0 Å². The van der Waals surface area contributed by atoms with Gasteiger partial charge < -0.3 is 20.7 Å². The molecule has 0 bridgehead atoms. The van der Waals surface area contributed by atoms with Crippen LogP contribution in [0, 0.1) is 5.92 Å². The van der Waals surface area contributed by atoms with E-state index in [4.69, 9.17) is 5.73 Å². The van der Waals surface area contributed by atoms with Gasteiger partial charge in [-0.2, -0.15) is 0 Å². The lowest BCUT2D eigenvalue weighted by Gasteiger charge is -2.26. The molecule has 1 aromatic rings. The number of ether oxygens (including phenoxy) is 1. The first-order valence-electron chi connectivity index (χ1n) is 5.41. The molecule has 0 aromatic heterocycles. The van der Waals surface area contributed by atoms with Crippen molar-refractivity contribution in [3.63, 3.8) is 0 Å². The fraction of sp³-hybridized carbons (Fsp3) is 0.417. The zero-order valence-electron chi connectivity index (χ0n) is 9.88. The van der Waals surface area contributed by atoms with E-state index in [2.05, 4.69) is 4.74 Å². The Kier molecular flexibility index (Phi) is 4.09. The quantitative estimate of drug-likeness (QED) is 0.416. The Morgan fingerprint density at radius 1 is 1.47 bits per heavy atom. The summed E-state index contributed by atoms with van der Waals surface area (Å²) in [5, 5.41) is 19.2. The predicted octanol–water partition coefficient (Wildman–Crippen LogP) is 1.11. The summed E-state index contributed by atoms with van der Waals surface area (Å²) in [6.45, 7) is 3.33. The normalized spacial score (nSPS) is 13.2. The molecule has 0 fully saturated rings. The Hall–Kier alpha value is -1.59. The number of carbonyl (C=O) groups excluding carboxylic acids is 1. The molecule has 0 saturated heterocycles. The van der Waals surface area contributed by atoms with Crippen molar-refractivity contribution in [2.75, 3.05) is 5.73 Å². The molecule has 5 heteroatoms. The highest BCUT2D eigenvalue weighted by molar-refractivity contribution is 5.95.